The SMILES string of the molecule is CCCCCCC1CC(C(C)O)OO1. The molecule has 1 aliphatic rings. The zero-order valence-electron chi connectivity index (χ0n) is 9.24. The third-order valence-electron chi connectivity index (χ3n) is 2.73. The van der Waals surface area contributed by atoms with Gasteiger partial charge in [-0.25, -0.2) is 9.78 Å². The van der Waals surface area contributed by atoms with Crippen molar-refractivity contribution in [1.82, 2.24) is 0 Å². The molecule has 0 spiro atoms. The third-order valence-corrected chi connectivity index (χ3v) is 2.73. The number of rotatable bonds is 6. The van der Waals surface area contributed by atoms with Gasteiger partial charge in [0.05, 0.1) is 12.2 Å². The largest absolute Gasteiger partial charge is 0.391 e. The molecule has 3 heteroatoms. The van der Waals surface area contributed by atoms with Crippen LogP contribution in [0, 0.1) is 0 Å². The Morgan fingerprint density at radius 1 is 1.29 bits per heavy atom. The predicted molar refractivity (Wildman–Crippen MR) is 54.8 cm³/mol. The van der Waals surface area contributed by atoms with Gasteiger partial charge >= 0.3 is 0 Å². The van der Waals surface area contributed by atoms with Crippen molar-refractivity contribution in [3.8, 4) is 0 Å². The smallest absolute Gasteiger partial charge is 0.121 e. The molecule has 1 N–H and O–H groups in total. The summed E-state index contributed by atoms with van der Waals surface area (Å²) in [4.78, 5) is 10.2. The van der Waals surface area contributed by atoms with Crippen LogP contribution in [-0.4, -0.2) is 23.4 Å². The van der Waals surface area contributed by atoms with Crippen LogP contribution in [0.25, 0.3) is 0 Å². The molecule has 14 heavy (non-hydrogen) atoms. The van der Waals surface area contributed by atoms with Crippen LogP contribution in [0.3, 0.4) is 0 Å². The van der Waals surface area contributed by atoms with Crippen LogP contribution in [0.2, 0.25) is 0 Å². The topological polar surface area (TPSA) is 38.7 Å². The Labute approximate surface area is 86.3 Å². The highest BCUT2D eigenvalue weighted by atomic mass is 17.2. The van der Waals surface area contributed by atoms with E-state index in [1.54, 1.807) is 6.92 Å². The van der Waals surface area contributed by atoms with Crippen molar-refractivity contribution < 1.29 is 14.9 Å². The first-order valence-electron chi connectivity index (χ1n) is 5.74. The quantitative estimate of drug-likeness (QED) is 0.531. The van der Waals surface area contributed by atoms with Gasteiger partial charge in [0.2, 0.25) is 0 Å². The molecule has 0 amide bonds. The molecular formula is C11H22O3. The van der Waals surface area contributed by atoms with Gasteiger partial charge in [-0.15, -0.1) is 0 Å². The lowest BCUT2D eigenvalue weighted by atomic mass is 10.0. The van der Waals surface area contributed by atoms with Crippen LogP contribution in [0.1, 0.15) is 52.4 Å². The van der Waals surface area contributed by atoms with Crippen molar-refractivity contribution in [2.24, 2.45) is 0 Å². The molecule has 0 aromatic heterocycles. The van der Waals surface area contributed by atoms with Gasteiger partial charge in [-0.3, -0.25) is 0 Å². The Bertz CT molecular complexity index is 147. The predicted octanol–water partition coefficient (Wildman–Crippen LogP) is 2.43. The minimum atomic E-state index is -0.421. The summed E-state index contributed by atoms with van der Waals surface area (Å²) < 4.78 is 0. The van der Waals surface area contributed by atoms with E-state index in [9.17, 15) is 5.11 Å². The Morgan fingerprint density at radius 3 is 2.64 bits per heavy atom. The van der Waals surface area contributed by atoms with Crippen LogP contribution in [0.4, 0.5) is 0 Å². The van der Waals surface area contributed by atoms with Crippen LogP contribution in [0.5, 0.6) is 0 Å². The monoisotopic (exact) mass is 202 g/mol. The van der Waals surface area contributed by atoms with Gasteiger partial charge in [-0.2, -0.15) is 0 Å². The molecule has 0 aliphatic carbocycles. The normalized spacial score (nSPS) is 29.4. The first-order chi connectivity index (χ1) is 6.74. The van der Waals surface area contributed by atoms with Gasteiger partial charge < -0.3 is 5.11 Å². The molecule has 1 aliphatic heterocycles. The standard InChI is InChI=1S/C11H22O3/c1-3-4-5-6-7-10-8-11(9(2)12)14-13-10/h9-12H,3-8H2,1-2H3. The molecule has 1 rings (SSSR count). The lowest BCUT2D eigenvalue weighted by molar-refractivity contribution is -0.307. The Morgan fingerprint density at radius 2 is 2.07 bits per heavy atom. The maximum absolute atomic E-state index is 9.27. The van der Waals surface area contributed by atoms with E-state index >= 15 is 0 Å². The molecule has 3 atom stereocenters. The second-order valence-electron chi connectivity index (χ2n) is 4.18. The van der Waals surface area contributed by atoms with E-state index in [1.807, 2.05) is 0 Å². The van der Waals surface area contributed by atoms with Crippen LogP contribution >= 0.6 is 0 Å². The van der Waals surface area contributed by atoms with Crippen molar-refractivity contribution in [2.75, 3.05) is 0 Å². The van der Waals surface area contributed by atoms with Crippen LogP contribution in [-0.2, 0) is 9.78 Å². The van der Waals surface area contributed by atoms with Gasteiger partial charge in [-0.1, -0.05) is 32.6 Å². The molecule has 84 valence electrons. The van der Waals surface area contributed by atoms with Gasteiger partial charge in [0.15, 0.2) is 0 Å². The number of aliphatic hydroxyl groups excluding tert-OH is 1. The second-order valence-corrected chi connectivity index (χ2v) is 4.18. The third kappa shape index (κ3) is 3.95. The summed E-state index contributed by atoms with van der Waals surface area (Å²) in [5.74, 6) is 0. The van der Waals surface area contributed by atoms with Gasteiger partial charge in [0.1, 0.15) is 6.10 Å². The summed E-state index contributed by atoms with van der Waals surface area (Å²) in [6, 6.07) is 0. The summed E-state index contributed by atoms with van der Waals surface area (Å²) in [5.41, 5.74) is 0. The molecular weight excluding hydrogens is 180 g/mol. The maximum Gasteiger partial charge on any atom is 0.121 e. The number of unbranched alkanes of at least 4 members (excludes halogenated alkanes) is 3. The van der Waals surface area contributed by atoms with Crippen molar-refractivity contribution in [2.45, 2.75) is 70.7 Å². The summed E-state index contributed by atoms with van der Waals surface area (Å²) in [6.45, 7) is 3.95. The average Bonchev–Trinajstić information content (AvgIpc) is 2.61. The minimum Gasteiger partial charge on any atom is -0.391 e. The van der Waals surface area contributed by atoms with E-state index < -0.39 is 6.10 Å². The Balaban J connectivity index is 2.04. The lowest BCUT2D eigenvalue weighted by Crippen LogP contribution is -2.21. The fourth-order valence-electron chi connectivity index (χ4n) is 1.73. The number of hydrogen-bond donors (Lipinski definition) is 1. The van der Waals surface area contributed by atoms with E-state index in [0.29, 0.717) is 0 Å². The molecule has 3 unspecified atom stereocenters. The maximum atomic E-state index is 9.27. The van der Waals surface area contributed by atoms with E-state index in [4.69, 9.17) is 9.78 Å². The van der Waals surface area contributed by atoms with E-state index in [1.165, 1.54) is 25.7 Å². The van der Waals surface area contributed by atoms with Crippen LogP contribution in [0.15, 0.2) is 0 Å². The molecule has 0 radical (unpaired) electrons. The number of aliphatic hydroxyl groups is 1. The summed E-state index contributed by atoms with van der Waals surface area (Å²) in [6.07, 6.45) is 6.59. The molecule has 0 aromatic carbocycles. The second kappa shape index (κ2) is 6.38. The molecule has 0 bridgehead atoms. The van der Waals surface area contributed by atoms with Gasteiger partial charge in [0.25, 0.3) is 0 Å². The zero-order chi connectivity index (χ0) is 10.4. The van der Waals surface area contributed by atoms with Gasteiger partial charge in [-0.05, 0) is 13.3 Å². The van der Waals surface area contributed by atoms with Crippen molar-refractivity contribution in [3.63, 3.8) is 0 Å². The fourth-order valence-corrected chi connectivity index (χ4v) is 1.73. The summed E-state index contributed by atoms with van der Waals surface area (Å²) >= 11 is 0. The van der Waals surface area contributed by atoms with Crippen LogP contribution < -0.4 is 0 Å². The van der Waals surface area contributed by atoms with Crippen molar-refractivity contribution in [1.29, 1.82) is 0 Å². The van der Waals surface area contributed by atoms with Crippen molar-refractivity contribution >= 4 is 0 Å². The van der Waals surface area contributed by atoms with E-state index in [0.717, 1.165) is 12.8 Å². The number of hydrogen-bond acceptors (Lipinski definition) is 3. The zero-order valence-corrected chi connectivity index (χ0v) is 9.24. The highest BCUT2D eigenvalue weighted by molar-refractivity contribution is 4.73. The Hall–Kier alpha value is -0.120. The molecule has 0 saturated carbocycles. The fraction of sp³-hybridized carbons (Fsp3) is 1.00. The van der Waals surface area contributed by atoms with E-state index in [2.05, 4.69) is 6.92 Å². The highest BCUT2D eigenvalue weighted by Crippen LogP contribution is 2.23. The van der Waals surface area contributed by atoms with E-state index in [-0.39, 0.29) is 12.2 Å². The van der Waals surface area contributed by atoms with Crippen molar-refractivity contribution in [3.05, 3.63) is 0 Å². The first-order valence-corrected chi connectivity index (χ1v) is 5.74. The first kappa shape index (κ1) is 12.0. The van der Waals surface area contributed by atoms with Gasteiger partial charge in [0, 0.05) is 6.42 Å². The molecule has 1 heterocycles. The molecule has 1 saturated heterocycles. The lowest BCUT2D eigenvalue weighted by Gasteiger charge is -2.08. The molecule has 0 aromatic rings. The minimum absolute atomic E-state index is 0.119. The highest BCUT2D eigenvalue weighted by Gasteiger charge is 2.30. The summed E-state index contributed by atoms with van der Waals surface area (Å²) in [5, 5.41) is 9.27. The summed E-state index contributed by atoms with van der Waals surface area (Å²) in [7, 11) is 0. The Kier molecular flexibility index (Phi) is 5.45. The molecule has 3 nitrogen and oxygen atoms in total. The molecule has 1 fully saturated rings. The average molecular weight is 202 g/mol.